The van der Waals surface area contributed by atoms with E-state index in [1.54, 1.807) is 7.11 Å². The van der Waals surface area contributed by atoms with Crippen molar-refractivity contribution in [2.45, 2.75) is 38.8 Å². The third-order valence-corrected chi connectivity index (χ3v) is 4.42. The molecular weight excluding hydrogens is 302 g/mol. The number of fused-ring (bicyclic) bond motifs is 1. The number of hydrogen-bond acceptors (Lipinski definition) is 4. The van der Waals surface area contributed by atoms with Gasteiger partial charge in [-0.1, -0.05) is 12.1 Å². The molecule has 1 aromatic carbocycles. The number of ether oxygens (including phenoxy) is 2. The molecule has 1 aliphatic heterocycles. The number of nitrogens with one attached hydrogen (secondary N) is 1. The van der Waals surface area contributed by atoms with Crippen LogP contribution in [0.1, 0.15) is 35.8 Å². The number of methoxy groups -OCH3 is 1. The third kappa shape index (κ3) is 4.36. The summed E-state index contributed by atoms with van der Waals surface area (Å²) in [5, 5.41) is 3.58. The van der Waals surface area contributed by atoms with Gasteiger partial charge in [0.1, 0.15) is 18.2 Å². The van der Waals surface area contributed by atoms with Gasteiger partial charge in [0.2, 0.25) is 0 Å². The maximum Gasteiger partial charge on any atom is 0.119 e. The van der Waals surface area contributed by atoms with Gasteiger partial charge in [-0.2, -0.15) is 0 Å². The van der Waals surface area contributed by atoms with E-state index in [4.69, 9.17) is 14.5 Å². The number of hydrogen-bond donors (Lipinski definition) is 1. The number of aromatic nitrogens is 2. The van der Waals surface area contributed by atoms with E-state index in [9.17, 15) is 0 Å². The normalized spacial score (nSPS) is 16.8. The van der Waals surface area contributed by atoms with Gasteiger partial charge in [0.05, 0.1) is 12.3 Å². The van der Waals surface area contributed by atoms with Crippen molar-refractivity contribution in [2.75, 3.05) is 26.9 Å². The van der Waals surface area contributed by atoms with Crippen molar-refractivity contribution >= 4 is 0 Å². The van der Waals surface area contributed by atoms with E-state index in [2.05, 4.69) is 35.1 Å². The molecule has 0 bridgehead atoms. The zero-order valence-electron chi connectivity index (χ0n) is 14.6. The summed E-state index contributed by atoms with van der Waals surface area (Å²) in [5.74, 6) is 2.65. The molecular formula is C19H27N3O2. The first-order valence-electron chi connectivity index (χ1n) is 8.71. The van der Waals surface area contributed by atoms with E-state index >= 15 is 0 Å². The first-order chi connectivity index (χ1) is 11.8. The van der Waals surface area contributed by atoms with Gasteiger partial charge in [-0.25, -0.2) is 4.98 Å². The van der Waals surface area contributed by atoms with Gasteiger partial charge in [-0.05, 0) is 37.5 Å². The summed E-state index contributed by atoms with van der Waals surface area (Å²) in [6, 6.07) is 8.24. The molecule has 2 aromatic rings. The molecule has 0 aliphatic carbocycles. The van der Waals surface area contributed by atoms with Crippen LogP contribution in [0.15, 0.2) is 30.5 Å². The van der Waals surface area contributed by atoms with Crippen molar-refractivity contribution in [1.82, 2.24) is 14.9 Å². The molecule has 5 heteroatoms. The standard InChI is InChI=1S/C19H27N3O2/c1-15-14-22-8-4-6-17(19(22)21-15)13-20-12-16-5-3-7-18(11-16)24-10-9-23-2/h3,5,7,11,14,17,20H,4,6,8-10,12-13H2,1-2H3/t17-/m0/s1. The summed E-state index contributed by atoms with van der Waals surface area (Å²) in [4.78, 5) is 4.71. The van der Waals surface area contributed by atoms with Crippen molar-refractivity contribution in [2.24, 2.45) is 0 Å². The van der Waals surface area contributed by atoms with Crippen molar-refractivity contribution in [1.29, 1.82) is 0 Å². The second-order valence-corrected chi connectivity index (χ2v) is 6.39. The predicted molar refractivity (Wildman–Crippen MR) is 94.5 cm³/mol. The molecule has 0 unspecified atom stereocenters. The molecule has 1 aromatic heterocycles. The summed E-state index contributed by atoms with van der Waals surface area (Å²) < 4.78 is 13.0. The molecule has 0 amide bonds. The Balaban J connectivity index is 1.51. The molecule has 3 rings (SSSR count). The van der Waals surface area contributed by atoms with Crippen molar-refractivity contribution in [3.8, 4) is 5.75 Å². The number of rotatable bonds is 8. The monoisotopic (exact) mass is 329 g/mol. The minimum absolute atomic E-state index is 0.508. The van der Waals surface area contributed by atoms with Crippen molar-refractivity contribution < 1.29 is 9.47 Å². The Labute approximate surface area is 144 Å². The summed E-state index contributed by atoms with van der Waals surface area (Å²) in [5.41, 5.74) is 2.36. The molecule has 1 aliphatic rings. The Morgan fingerprint density at radius 2 is 2.25 bits per heavy atom. The van der Waals surface area contributed by atoms with Crippen LogP contribution < -0.4 is 10.1 Å². The lowest BCUT2D eigenvalue weighted by atomic mass is 9.99. The smallest absolute Gasteiger partial charge is 0.119 e. The molecule has 1 atom stereocenters. The maximum atomic E-state index is 5.67. The molecule has 2 heterocycles. The Kier molecular flexibility index (Phi) is 5.88. The van der Waals surface area contributed by atoms with Crippen LogP contribution in [-0.2, 0) is 17.8 Å². The van der Waals surface area contributed by atoms with Crippen LogP contribution in [0, 0.1) is 6.92 Å². The average molecular weight is 329 g/mol. The Morgan fingerprint density at radius 1 is 1.33 bits per heavy atom. The Hall–Kier alpha value is -1.85. The highest BCUT2D eigenvalue weighted by Crippen LogP contribution is 2.26. The first kappa shape index (κ1) is 17.0. The van der Waals surface area contributed by atoms with E-state index in [1.165, 1.54) is 24.2 Å². The van der Waals surface area contributed by atoms with Crippen LogP contribution in [0.25, 0.3) is 0 Å². The highest BCUT2D eigenvalue weighted by atomic mass is 16.5. The molecule has 130 valence electrons. The van der Waals surface area contributed by atoms with E-state index in [-0.39, 0.29) is 0 Å². The number of imidazole rings is 1. The zero-order valence-corrected chi connectivity index (χ0v) is 14.6. The van der Waals surface area contributed by atoms with Gasteiger partial charge in [0.25, 0.3) is 0 Å². The van der Waals surface area contributed by atoms with E-state index < -0.39 is 0 Å². The fraction of sp³-hybridized carbons (Fsp3) is 0.526. The predicted octanol–water partition coefficient (Wildman–Crippen LogP) is 2.88. The summed E-state index contributed by atoms with van der Waals surface area (Å²) in [7, 11) is 1.68. The lowest BCUT2D eigenvalue weighted by Crippen LogP contribution is -2.26. The highest BCUT2D eigenvalue weighted by Gasteiger charge is 2.21. The summed E-state index contributed by atoms with van der Waals surface area (Å²) >= 11 is 0. The quantitative estimate of drug-likeness (QED) is 0.757. The largest absolute Gasteiger partial charge is 0.491 e. The van der Waals surface area contributed by atoms with Gasteiger partial charge < -0.3 is 19.4 Å². The van der Waals surface area contributed by atoms with Gasteiger partial charge in [0.15, 0.2) is 0 Å². The summed E-state index contributed by atoms with van der Waals surface area (Å²) in [6.45, 7) is 6.18. The second kappa shape index (κ2) is 8.31. The van der Waals surface area contributed by atoms with E-state index in [0.29, 0.717) is 19.1 Å². The third-order valence-electron chi connectivity index (χ3n) is 4.42. The average Bonchev–Trinajstić information content (AvgIpc) is 2.97. The second-order valence-electron chi connectivity index (χ2n) is 6.39. The van der Waals surface area contributed by atoms with Gasteiger partial charge >= 0.3 is 0 Å². The van der Waals surface area contributed by atoms with Crippen LogP contribution in [0.5, 0.6) is 5.75 Å². The van der Waals surface area contributed by atoms with Crippen LogP contribution in [-0.4, -0.2) is 36.4 Å². The summed E-state index contributed by atoms with van der Waals surface area (Å²) in [6.07, 6.45) is 4.61. The van der Waals surface area contributed by atoms with Gasteiger partial charge in [-0.15, -0.1) is 0 Å². The molecule has 5 nitrogen and oxygen atoms in total. The SMILES string of the molecule is COCCOc1cccc(CNC[C@@H]2CCCn3cc(C)nc32)c1. The van der Waals surface area contributed by atoms with Crippen LogP contribution >= 0.6 is 0 Å². The molecule has 0 fully saturated rings. The maximum absolute atomic E-state index is 5.67. The van der Waals surface area contributed by atoms with Crippen LogP contribution in [0.3, 0.4) is 0 Å². The molecule has 0 saturated heterocycles. The van der Waals surface area contributed by atoms with E-state index in [1.807, 2.05) is 12.1 Å². The molecule has 1 N–H and O–H groups in total. The Bertz CT molecular complexity index is 654. The molecule has 0 spiro atoms. The molecule has 0 radical (unpaired) electrons. The molecule has 0 saturated carbocycles. The minimum Gasteiger partial charge on any atom is -0.491 e. The van der Waals surface area contributed by atoms with Gasteiger partial charge in [0, 0.05) is 38.9 Å². The van der Waals surface area contributed by atoms with Crippen molar-refractivity contribution in [3.05, 3.63) is 47.5 Å². The van der Waals surface area contributed by atoms with Crippen LogP contribution in [0.2, 0.25) is 0 Å². The first-order valence-corrected chi connectivity index (χ1v) is 8.71. The molecule has 24 heavy (non-hydrogen) atoms. The zero-order chi connectivity index (χ0) is 16.8. The Morgan fingerprint density at radius 3 is 3.12 bits per heavy atom. The lowest BCUT2D eigenvalue weighted by Gasteiger charge is -2.23. The van der Waals surface area contributed by atoms with E-state index in [0.717, 1.165) is 31.1 Å². The fourth-order valence-electron chi connectivity index (χ4n) is 3.28. The van der Waals surface area contributed by atoms with Crippen LogP contribution in [0.4, 0.5) is 0 Å². The van der Waals surface area contributed by atoms with Crippen molar-refractivity contribution in [3.63, 3.8) is 0 Å². The van der Waals surface area contributed by atoms with Gasteiger partial charge in [-0.3, -0.25) is 0 Å². The topological polar surface area (TPSA) is 48.3 Å². The number of aryl methyl sites for hydroxylation is 2. The minimum atomic E-state index is 0.508. The highest BCUT2D eigenvalue weighted by molar-refractivity contribution is 5.28. The number of benzene rings is 1. The lowest BCUT2D eigenvalue weighted by molar-refractivity contribution is 0.146. The number of nitrogens with zero attached hydrogens (tertiary/aromatic N) is 2. The fourth-order valence-corrected chi connectivity index (χ4v) is 3.28.